The summed E-state index contributed by atoms with van der Waals surface area (Å²) in [6.45, 7) is 1.52. The van der Waals surface area contributed by atoms with E-state index in [1.807, 2.05) is 0 Å². The molecule has 31 heavy (non-hydrogen) atoms. The van der Waals surface area contributed by atoms with Gasteiger partial charge in [0.25, 0.3) is 5.56 Å². The molecule has 0 amide bonds. The highest BCUT2D eigenvalue weighted by atomic mass is 19.1. The van der Waals surface area contributed by atoms with E-state index in [1.165, 1.54) is 29.0 Å². The topological polar surface area (TPSA) is 84.3 Å². The summed E-state index contributed by atoms with van der Waals surface area (Å²) in [5, 5.41) is 10.5. The molecule has 0 saturated heterocycles. The van der Waals surface area contributed by atoms with Crippen LogP contribution in [0.2, 0.25) is 0 Å². The number of aromatic amines is 1. The average Bonchev–Trinajstić information content (AvgIpc) is 3.04. The average molecular weight is 424 g/mol. The molecular formula is C23H18F2N2O4. The van der Waals surface area contributed by atoms with Crippen molar-refractivity contribution in [2.24, 2.45) is 0 Å². The number of carbonyl (C=O) groups is 1. The first kappa shape index (κ1) is 20.3. The van der Waals surface area contributed by atoms with Gasteiger partial charge in [-0.1, -0.05) is 0 Å². The van der Waals surface area contributed by atoms with Gasteiger partial charge in [0.15, 0.2) is 0 Å². The lowest BCUT2D eigenvalue weighted by atomic mass is 10.0. The number of carbonyl (C=O) groups excluding carboxylic acids is 1. The second-order valence-electron chi connectivity index (χ2n) is 6.88. The second-order valence-corrected chi connectivity index (χ2v) is 6.88. The minimum Gasteiger partial charge on any atom is -0.508 e. The number of pyridine rings is 1. The Labute approximate surface area is 175 Å². The molecular weight excluding hydrogens is 406 g/mol. The Kier molecular flexibility index (Phi) is 5.29. The Bertz CT molecular complexity index is 1360. The molecule has 6 nitrogen and oxygen atoms in total. The molecule has 4 aromatic rings. The number of hydrogen-bond acceptors (Lipinski definition) is 4. The molecule has 0 aliphatic heterocycles. The lowest BCUT2D eigenvalue weighted by Gasteiger charge is -2.12. The van der Waals surface area contributed by atoms with Crippen LogP contribution < -0.4 is 5.56 Å². The third kappa shape index (κ3) is 3.68. The Morgan fingerprint density at radius 2 is 1.97 bits per heavy atom. The van der Waals surface area contributed by atoms with E-state index in [4.69, 9.17) is 4.74 Å². The molecule has 0 fully saturated rings. The van der Waals surface area contributed by atoms with Crippen molar-refractivity contribution in [3.8, 4) is 16.9 Å². The zero-order chi connectivity index (χ0) is 22.1. The number of phenolic OH excluding ortho intramolecular Hbond substituents is 1. The number of H-pyrrole nitrogens is 1. The highest BCUT2D eigenvalue weighted by molar-refractivity contribution is 6.09. The van der Waals surface area contributed by atoms with Gasteiger partial charge >= 0.3 is 5.97 Å². The predicted octanol–water partition coefficient (Wildman–Crippen LogP) is 4.21. The molecule has 158 valence electrons. The monoisotopic (exact) mass is 424 g/mol. The van der Waals surface area contributed by atoms with Crippen molar-refractivity contribution < 1.29 is 23.4 Å². The number of rotatable bonds is 5. The summed E-state index contributed by atoms with van der Waals surface area (Å²) in [5.41, 5.74) is 0.435. The molecule has 0 atom stereocenters. The summed E-state index contributed by atoms with van der Waals surface area (Å²) in [7, 11) is 0. The van der Waals surface area contributed by atoms with Gasteiger partial charge in [-0.05, 0) is 55.5 Å². The van der Waals surface area contributed by atoms with Gasteiger partial charge < -0.3 is 19.4 Å². The number of hydrogen-bond donors (Lipinski definition) is 2. The normalized spacial score (nSPS) is 11.1. The molecule has 0 bridgehead atoms. The molecule has 2 aromatic carbocycles. The number of nitrogens with one attached hydrogen (secondary N) is 1. The van der Waals surface area contributed by atoms with Crippen LogP contribution in [0.25, 0.3) is 22.0 Å². The van der Waals surface area contributed by atoms with Gasteiger partial charge in [-0.15, -0.1) is 0 Å². The number of fused-ring (bicyclic) bond motifs is 1. The molecule has 2 aromatic heterocycles. The highest BCUT2D eigenvalue weighted by Crippen LogP contribution is 2.36. The van der Waals surface area contributed by atoms with E-state index in [1.54, 1.807) is 19.1 Å². The third-order valence-corrected chi connectivity index (χ3v) is 4.94. The van der Waals surface area contributed by atoms with Crippen molar-refractivity contribution in [3.63, 3.8) is 0 Å². The molecule has 0 spiro atoms. The first-order valence-electron chi connectivity index (χ1n) is 9.55. The number of benzene rings is 2. The Hall–Kier alpha value is -3.94. The minimum absolute atomic E-state index is 0.00260. The summed E-state index contributed by atoms with van der Waals surface area (Å²) in [6.07, 6.45) is 1.45. The summed E-state index contributed by atoms with van der Waals surface area (Å²) in [5.74, 6) is -2.07. The van der Waals surface area contributed by atoms with Crippen LogP contribution in [0.3, 0.4) is 0 Å². The number of halogens is 2. The molecule has 2 N–H and O–H groups in total. The van der Waals surface area contributed by atoms with E-state index in [0.29, 0.717) is 10.9 Å². The van der Waals surface area contributed by atoms with Gasteiger partial charge in [0, 0.05) is 33.8 Å². The van der Waals surface area contributed by atoms with Gasteiger partial charge in [0.05, 0.1) is 13.2 Å². The fourth-order valence-corrected chi connectivity index (χ4v) is 3.64. The third-order valence-electron chi connectivity index (χ3n) is 4.94. The number of aromatic hydroxyl groups is 1. The van der Waals surface area contributed by atoms with Crippen molar-refractivity contribution in [2.45, 2.75) is 13.5 Å². The maximum absolute atomic E-state index is 14.4. The van der Waals surface area contributed by atoms with Crippen molar-refractivity contribution in [2.75, 3.05) is 6.61 Å². The van der Waals surface area contributed by atoms with E-state index < -0.39 is 23.2 Å². The van der Waals surface area contributed by atoms with Gasteiger partial charge in [0.1, 0.15) is 23.1 Å². The Morgan fingerprint density at radius 3 is 2.71 bits per heavy atom. The van der Waals surface area contributed by atoms with Crippen LogP contribution in [0, 0.1) is 11.6 Å². The van der Waals surface area contributed by atoms with E-state index in [9.17, 15) is 23.5 Å². The smallest absolute Gasteiger partial charge is 0.355 e. The molecule has 0 radical (unpaired) electrons. The molecule has 0 aliphatic rings. The predicted molar refractivity (Wildman–Crippen MR) is 111 cm³/mol. The second kappa shape index (κ2) is 8.06. The van der Waals surface area contributed by atoms with Crippen LogP contribution >= 0.6 is 0 Å². The van der Waals surface area contributed by atoms with Gasteiger partial charge in [0.2, 0.25) is 0 Å². The maximum Gasteiger partial charge on any atom is 0.355 e. The summed E-state index contributed by atoms with van der Waals surface area (Å²) < 4.78 is 34.9. The lowest BCUT2D eigenvalue weighted by Crippen LogP contribution is -2.16. The van der Waals surface area contributed by atoms with Crippen molar-refractivity contribution >= 4 is 16.9 Å². The Balaban J connectivity index is 2.08. The summed E-state index contributed by atoms with van der Waals surface area (Å²) in [6, 6.07) is 10.6. The largest absolute Gasteiger partial charge is 0.508 e. The number of ether oxygens (including phenoxy) is 1. The fraction of sp³-hybridized carbons (Fsp3) is 0.130. The van der Waals surface area contributed by atoms with Crippen LogP contribution in [-0.4, -0.2) is 27.2 Å². The molecule has 0 unspecified atom stereocenters. The minimum atomic E-state index is -0.728. The lowest BCUT2D eigenvalue weighted by molar-refractivity contribution is 0.0516. The first-order chi connectivity index (χ1) is 14.9. The van der Waals surface area contributed by atoms with Crippen LogP contribution in [0.1, 0.15) is 23.0 Å². The zero-order valence-corrected chi connectivity index (χ0v) is 16.5. The van der Waals surface area contributed by atoms with Crippen LogP contribution in [-0.2, 0) is 11.3 Å². The molecule has 0 saturated carbocycles. The molecule has 8 heteroatoms. The molecule has 4 rings (SSSR count). The van der Waals surface area contributed by atoms with E-state index in [2.05, 4.69) is 4.98 Å². The maximum atomic E-state index is 14.4. The van der Waals surface area contributed by atoms with Crippen LogP contribution in [0.4, 0.5) is 8.78 Å². The van der Waals surface area contributed by atoms with Gasteiger partial charge in [-0.3, -0.25) is 4.79 Å². The van der Waals surface area contributed by atoms with Crippen molar-refractivity contribution in [1.82, 2.24) is 9.55 Å². The van der Waals surface area contributed by atoms with E-state index in [-0.39, 0.29) is 41.3 Å². The highest BCUT2D eigenvalue weighted by Gasteiger charge is 2.27. The van der Waals surface area contributed by atoms with Crippen molar-refractivity contribution in [1.29, 1.82) is 0 Å². The van der Waals surface area contributed by atoms with Crippen LogP contribution in [0.5, 0.6) is 5.75 Å². The van der Waals surface area contributed by atoms with Gasteiger partial charge in [-0.2, -0.15) is 0 Å². The van der Waals surface area contributed by atoms with E-state index in [0.717, 1.165) is 18.2 Å². The zero-order valence-electron chi connectivity index (χ0n) is 16.5. The number of nitrogens with zero attached hydrogens (tertiary/aromatic N) is 1. The summed E-state index contributed by atoms with van der Waals surface area (Å²) >= 11 is 0. The number of aromatic nitrogens is 2. The summed E-state index contributed by atoms with van der Waals surface area (Å²) in [4.78, 5) is 28.1. The number of esters is 1. The number of phenols is 1. The first-order valence-corrected chi connectivity index (χ1v) is 9.55. The van der Waals surface area contributed by atoms with Crippen LogP contribution in [0.15, 0.2) is 59.5 Å². The standard InChI is InChI=1S/C23H18F2N2O4/c1-2-31-23(30)21-20(16-4-3-9-26-22(16)29)17-11-15(28)6-8-19(17)27(21)12-13-10-14(24)5-7-18(13)25/h3-11,28H,2,12H2,1H3,(H,26,29). The fourth-order valence-electron chi connectivity index (χ4n) is 3.64. The van der Waals surface area contributed by atoms with Crippen molar-refractivity contribution in [3.05, 3.63) is 88.0 Å². The molecule has 0 aliphatic carbocycles. The quantitative estimate of drug-likeness (QED) is 0.470. The van der Waals surface area contributed by atoms with E-state index >= 15 is 0 Å². The van der Waals surface area contributed by atoms with Gasteiger partial charge in [-0.25, -0.2) is 13.6 Å². The SMILES string of the molecule is CCOC(=O)c1c(-c2ccc[nH]c2=O)c2cc(O)ccc2n1Cc1cc(F)ccc1F. The molecule has 2 heterocycles. The Morgan fingerprint density at radius 1 is 1.16 bits per heavy atom.